The third-order valence-electron chi connectivity index (χ3n) is 4.23. The van der Waals surface area contributed by atoms with Crippen molar-refractivity contribution in [2.24, 2.45) is 4.99 Å². The molecule has 0 heterocycles. The Morgan fingerprint density at radius 1 is 1.09 bits per heavy atom. The van der Waals surface area contributed by atoms with Gasteiger partial charge in [-0.15, -0.1) is 24.0 Å². The summed E-state index contributed by atoms with van der Waals surface area (Å²) in [7, 11) is 1.82. The number of aliphatic imine (C=N–C) groups is 1. The second kappa shape index (κ2) is 8.34. The zero-order valence-electron chi connectivity index (χ0n) is 13.6. The summed E-state index contributed by atoms with van der Waals surface area (Å²) >= 11 is 0. The Balaban J connectivity index is 0.00000192. The van der Waals surface area contributed by atoms with E-state index in [1.807, 2.05) is 13.1 Å². The maximum atomic E-state index is 4.33. The van der Waals surface area contributed by atoms with Crippen LogP contribution in [0.2, 0.25) is 0 Å². The Labute approximate surface area is 155 Å². The van der Waals surface area contributed by atoms with Crippen molar-refractivity contribution in [1.29, 1.82) is 0 Å². The minimum atomic E-state index is 0. The van der Waals surface area contributed by atoms with Crippen molar-refractivity contribution in [2.75, 3.05) is 7.05 Å². The van der Waals surface area contributed by atoms with Gasteiger partial charge in [0.05, 0.1) is 0 Å². The first kappa shape index (κ1) is 17.8. The Hall–Kier alpha value is -1.56. The number of nitrogens with zero attached hydrogens (tertiary/aromatic N) is 1. The van der Waals surface area contributed by atoms with E-state index in [4.69, 9.17) is 0 Å². The maximum Gasteiger partial charge on any atom is 0.191 e. The molecule has 122 valence electrons. The van der Waals surface area contributed by atoms with E-state index in [1.54, 1.807) is 0 Å². The summed E-state index contributed by atoms with van der Waals surface area (Å²) in [6, 6.07) is 19.5. The summed E-state index contributed by atoms with van der Waals surface area (Å²) in [6.07, 6.45) is 1.18. The molecular weight excluding hydrogens is 397 g/mol. The van der Waals surface area contributed by atoms with Crippen molar-refractivity contribution >= 4 is 29.9 Å². The normalized spacial score (nSPS) is 19.7. The quantitative estimate of drug-likeness (QED) is 0.447. The third kappa shape index (κ3) is 4.70. The van der Waals surface area contributed by atoms with Gasteiger partial charge >= 0.3 is 0 Å². The Morgan fingerprint density at radius 3 is 2.48 bits per heavy atom. The molecule has 1 aliphatic carbocycles. The number of hydrogen-bond donors (Lipinski definition) is 2. The van der Waals surface area contributed by atoms with Gasteiger partial charge in [0.15, 0.2) is 5.96 Å². The van der Waals surface area contributed by atoms with E-state index >= 15 is 0 Å². The fraction of sp³-hybridized carbons (Fsp3) is 0.316. The van der Waals surface area contributed by atoms with E-state index in [0.29, 0.717) is 12.0 Å². The molecule has 0 amide bonds. The van der Waals surface area contributed by atoms with Crippen LogP contribution >= 0.6 is 24.0 Å². The van der Waals surface area contributed by atoms with E-state index in [1.165, 1.54) is 23.1 Å². The van der Waals surface area contributed by atoms with E-state index in [-0.39, 0.29) is 24.0 Å². The Kier molecular flexibility index (Phi) is 6.45. The first-order valence-electron chi connectivity index (χ1n) is 7.84. The molecule has 3 nitrogen and oxygen atoms in total. The molecule has 3 rings (SSSR count). The smallest absolute Gasteiger partial charge is 0.191 e. The van der Waals surface area contributed by atoms with E-state index in [0.717, 1.165) is 12.5 Å². The minimum absolute atomic E-state index is 0. The minimum Gasteiger partial charge on any atom is -0.353 e. The SMILES string of the molecule is CN=C(NCc1ccccc1)NC1CC1c1ccccc1C.I. The summed E-state index contributed by atoms with van der Waals surface area (Å²) in [5, 5.41) is 6.91. The van der Waals surface area contributed by atoms with Crippen LogP contribution in [0.3, 0.4) is 0 Å². The van der Waals surface area contributed by atoms with Crippen molar-refractivity contribution in [3.05, 3.63) is 71.3 Å². The Morgan fingerprint density at radius 2 is 1.78 bits per heavy atom. The molecule has 2 aromatic rings. The molecule has 0 saturated heterocycles. The molecule has 0 aliphatic heterocycles. The predicted molar refractivity (Wildman–Crippen MR) is 108 cm³/mol. The van der Waals surface area contributed by atoms with Gasteiger partial charge in [0.25, 0.3) is 0 Å². The van der Waals surface area contributed by atoms with E-state index in [9.17, 15) is 0 Å². The summed E-state index contributed by atoms with van der Waals surface area (Å²) in [6.45, 7) is 2.98. The second-order valence-electron chi connectivity index (χ2n) is 5.86. The zero-order valence-corrected chi connectivity index (χ0v) is 16.0. The fourth-order valence-electron chi connectivity index (χ4n) is 2.85. The lowest BCUT2D eigenvalue weighted by Crippen LogP contribution is -2.38. The fourth-order valence-corrected chi connectivity index (χ4v) is 2.85. The lowest BCUT2D eigenvalue weighted by atomic mass is 10.0. The predicted octanol–water partition coefficient (Wildman–Crippen LogP) is 3.83. The molecular formula is C19H24IN3. The number of benzene rings is 2. The van der Waals surface area contributed by atoms with Gasteiger partial charge in [-0.3, -0.25) is 4.99 Å². The molecule has 4 heteroatoms. The van der Waals surface area contributed by atoms with Gasteiger partial charge in [0.2, 0.25) is 0 Å². The summed E-state index contributed by atoms with van der Waals surface area (Å²) in [4.78, 5) is 4.33. The Bertz CT molecular complexity index is 655. The van der Waals surface area contributed by atoms with Crippen LogP contribution in [0.1, 0.15) is 29.0 Å². The first-order chi connectivity index (χ1) is 10.8. The summed E-state index contributed by atoms with van der Waals surface area (Å²) in [5.41, 5.74) is 4.10. The standard InChI is InChI=1S/C19H23N3.HI/c1-14-8-6-7-11-16(14)17-12-18(17)22-19(20-2)21-13-15-9-4-3-5-10-15;/h3-11,17-18H,12-13H2,1-2H3,(H2,20,21,22);1H. The largest absolute Gasteiger partial charge is 0.353 e. The van der Waals surface area contributed by atoms with Crippen LogP contribution in [0, 0.1) is 6.92 Å². The highest BCUT2D eigenvalue weighted by molar-refractivity contribution is 14.0. The van der Waals surface area contributed by atoms with Crippen molar-refractivity contribution in [1.82, 2.24) is 10.6 Å². The summed E-state index contributed by atoms with van der Waals surface area (Å²) in [5.74, 6) is 1.49. The highest BCUT2D eigenvalue weighted by atomic mass is 127. The highest BCUT2D eigenvalue weighted by Crippen LogP contribution is 2.41. The van der Waals surface area contributed by atoms with Crippen molar-refractivity contribution < 1.29 is 0 Å². The molecule has 1 fully saturated rings. The van der Waals surface area contributed by atoms with E-state index < -0.39 is 0 Å². The third-order valence-corrected chi connectivity index (χ3v) is 4.23. The molecule has 0 spiro atoms. The average molecular weight is 421 g/mol. The van der Waals surface area contributed by atoms with Gasteiger partial charge in [0.1, 0.15) is 0 Å². The lowest BCUT2D eigenvalue weighted by molar-refractivity contribution is 0.789. The topological polar surface area (TPSA) is 36.4 Å². The van der Waals surface area contributed by atoms with Crippen LogP contribution < -0.4 is 10.6 Å². The van der Waals surface area contributed by atoms with Gasteiger partial charge in [-0.25, -0.2) is 0 Å². The van der Waals surface area contributed by atoms with Crippen LogP contribution in [0.4, 0.5) is 0 Å². The number of hydrogen-bond acceptors (Lipinski definition) is 1. The molecule has 0 aromatic heterocycles. The number of rotatable bonds is 4. The molecule has 2 unspecified atom stereocenters. The van der Waals surface area contributed by atoms with Crippen molar-refractivity contribution in [2.45, 2.75) is 31.8 Å². The molecule has 2 aromatic carbocycles. The van der Waals surface area contributed by atoms with Gasteiger partial charge < -0.3 is 10.6 Å². The van der Waals surface area contributed by atoms with Crippen LogP contribution in [0.5, 0.6) is 0 Å². The van der Waals surface area contributed by atoms with Crippen molar-refractivity contribution in [3.8, 4) is 0 Å². The van der Waals surface area contributed by atoms with Gasteiger partial charge in [0, 0.05) is 25.6 Å². The van der Waals surface area contributed by atoms with Gasteiger partial charge in [-0.1, -0.05) is 54.6 Å². The van der Waals surface area contributed by atoms with Crippen LogP contribution in [0.15, 0.2) is 59.6 Å². The molecule has 0 bridgehead atoms. The summed E-state index contributed by atoms with van der Waals surface area (Å²) < 4.78 is 0. The second-order valence-corrected chi connectivity index (χ2v) is 5.86. The molecule has 1 saturated carbocycles. The highest BCUT2D eigenvalue weighted by Gasteiger charge is 2.39. The van der Waals surface area contributed by atoms with Gasteiger partial charge in [-0.05, 0) is 30.0 Å². The van der Waals surface area contributed by atoms with E-state index in [2.05, 4.69) is 71.1 Å². The molecule has 2 atom stereocenters. The lowest BCUT2D eigenvalue weighted by Gasteiger charge is -2.12. The van der Waals surface area contributed by atoms with Crippen LogP contribution in [-0.2, 0) is 6.54 Å². The van der Waals surface area contributed by atoms with Gasteiger partial charge in [-0.2, -0.15) is 0 Å². The monoisotopic (exact) mass is 421 g/mol. The number of guanidine groups is 1. The zero-order chi connectivity index (χ0) is 15.4. The molecule has 0 radical (unpaired) electrons. The molecule has 2 N–H and O–H groups in total. The van der Waals surface area contributed by atoms with Crippen molar-refractivity contribution in [3.63, 3.8) is 0 Å². The molecule has 23 heavy (non-hydrogen) atoms. The average Bonchev–Trinajstić information content (AvgIpc) is 3.32. The first-order valence-corrected chi connectivity index (χ1v) is 7.84. The maximum absolute atomic E-state index is 4.33. The van der Waals surface area contributed by atoms with Crippen LogP contribution in [-0.4, -0.2) is 19.0 Å². The number of nitrogens with one attached hydrogen (secondary N) is 2. The number of aryl methyl sites for hydroxylation is 1. The number of halogens is 1. The van der Waals surface area contributed by atoms with Crippen LogP contribution in [0.25, 0.3) is 0 Å². The molecule has 1 aliphatic rings.